The van der Waals surface area contributed by atoms with E-state index >= 15 is 0 Å². The van der Waals surface area contributed by atoms with Crippen molar-refractivity contribution < 1.29 is 21.6 Å². The zero-order valence-electron chi connectivity index (χ0n) is 12.7. The molecule has 8 nitrogen and oxygen atoms in total. The minimum atomic E-state index is -3.66. The van der Waals surface area contributed by atoms with Crippen LogP contribution in [-0.4, -0.2) is 22.6 Å². The molecule has 2 aromatic carbocycles. The lowest BCUT2D eigenvalue weighted by Crippen LogP contribution is -2.12. The molecule has 24 heavy (non-hydrogen) atoms. The van der Waals surface area contributed by atoms with Crippen LogP contribution in [0.4, 0.5) is 5.69 Å². The molecular formula is C14H17N3O5S2. The van der Waals surface area contributed by atoms with Crippen LogP contribution in [0.5, 0.6) is 0 Å². The molecule has 0 atom stereocenters. The van der Waals surface area contributed by atoms with E-state index in [1.165, 1.54) is 55.5 Å². The summed E-state index contributed by atoms with van der Waals surface area (Å²) >= 11 is 0. The van der Waals surface area contributed by atoms with Crippen molar-refractivity contribution in [2.24, 2.45) is 10.3 Å². The van der Waals surface area contributed by atoms with Gasteiger partial charge in [-0.3, -0.25) is 4.79 Å². The van der Waals surface area contributed by atoms with Gasteiger partial charge in [0.15, 0.2) is 5.78 Å². The van der Waals surface area contributed by atoms with E-state index in [0.29, 0.717) is 11.3 Å². The van der Waals surface area contributed by atoms with E-state index in [-0.39, 0.29) is 15.6 Å². The topological polar surface area (TPSA) is 163 Å². The van der Waals surface area contributed by atoms with Crippen molar-refractivity contribution in [3.63, 3.8) is 0 Å². The molecule has 0 spiro atoms. The summed E-state index contributed by atoms with van der Waals surface area (Å²) in [5.74, 6) is -0.110. The Bertz CT molecular complexity index is 919. The maximum Gasteiger partial charge on any atom is 0.238 e. The van der Waals surface area contributed by atoms with Crippen LogP contribution in [-0.2, 0) is 20.0 Å². The van der Waals surface area contributed by atoms with Crippen molar-refractivity contribution in [2.75, 3.05) is 5.73 Å². The summed E-state index contributed by atoms with van der Waals surface area (Å²) < 4.78 is 43.0. The molecule has 0 amide bonds. The van der Waals surface area contributed by atoms with E-state index < -0.39 is 20.0 Å². The van der Waals surface area contributed by atoms with Crippen LogP contribution < -0.4 is 16.0 Å². The minimum Gasteiger partial charge on any atom is -0.399 e. The van der Waals surface area contributed by atoms with Crippen molar-refractivity contribution in [1.82, 2.24) is 0 Å². The Hall–Kier alpha value is -2.27. The van der Waals surface area contributed by atoms with Gasteiger partial charge in [-0.1, -0.05) is 12.1 Å². The van der Waals surface area contributed by atoms with Crippen molar-refractivity contribution in [1.29, 1.82) is 0 Å². The first-order valence-electron chi connectivity index (χ1n) is 6.43. The first-order chi connectivity index (χ1) is 10.9. The third-order valence-electron chi connectivity index (χ3n) is 2.80. The molecular weight excluding hydrogens is 354 g/mol. The fraction of sp³-hybridized carbons (Fsp3) is 0.0714. The number of carbonyl (C=O) groups is 1. The highest BCUT2D eigenvalue weighted by Crippen LogP contribution is 2.09. The van der Waals surface area contributed by atoms with Gasteiger partial charge in [-0.2, -0.15) is 0 Å². The number of hydrogen-bond donors (Lipinski definition) is 3. The van der Waals surface area contributed by atoms with E-state index in [1.54, 1.807) is 0 Å². The van der Waals surface area contributed by atoms with E-state index in [0.717, 1.165) is 0 Å². The largest absolute Gasteiger partial charge is 0.399 e. The summed E-state index contributed by atoms with van der Waals surface area (Å²) in [5.41, 5.74) is 6.31. The van der Waals surface area contributed by atoms with Crippen molar-refractivity contribution in [3.8, 4) is 0 Å². The second kappa shape index (κ2) is 7.53. The molecule has 0 unspecified atom stereocenters. The highest BCUT2D eigenvalue weighted by atomic mass is 32.2. The Morgan fingerprint density at radius 1 is 0.750 bits per heavy atom. The molecule has 6 N–H and O–H groups in total. The molecule has 0 fully saturated rings. The Balaban J connectivity index is 0.000000243. The van der Waals surface area contributed by atoms with Gasteiger partial charge >= 0.3 is 0 Å². The van der Waals surface area contributed by atoms with E-state index in [2.05, 4.69) is 0 Å². The summed E-state index contributed by atoms with van der Waals surface area (Å²) in [5, 5.41) is 9.71. The molecule has 0 saturated heterocycles. The number of Topliss-reactive ketones (excluding diaryl/α,β-unsaturated/α-hetero) is 1. The van der Waals surface area contributed by atoms with Crippen LogP contribution in [0.15, 0.2) is 58.3 Å². The number of nitrogens with two attached hydrogens (primary N) is 3. The maximum atomic E-state index is 10.8. The van der Waals surface area contributed by atoms with Crippen LogP contribution in [0, 0.1) is 0 Å². The van der Waals surface area contributed by atoms with Gasteiger partial charge in [-0.15, -0.1) is 0 Å². The first kappa shape index (κ1) is 19.8. The fourth-order valence-electron chi connectivity index (χ4n) is 1.54. The van der Waals surface area contributed by atoms with Gasteiger partial charge in [0.2, 0.25) is 20.0 Å². The number of sulfonamides is 2. The smallest absolute Gasteiger partial charge is 0.238 e. The predicted molar refractivity (Wildman–Crippen MR) is 90.0 cm³/mol. The molecule has 10 heteroatoms. The minimum absolute atomic E-state index is 0.0116. The Kier molecular flexibility index (Phi) is 6.21. The third kappa shape index (κ3) is 6.08. The SMILES string of the molecule is CC(=O)c1ccc(S(N)(=O)=O)cc1.Nc1ccc(S(N)(=O)=O)cc1. The Labute approximate surface area is 140 Å². The number of benzene rings is 2. The van der Waals surface area contributed by atoms with Crippen LogP contribution in [0.3, 0.4) is 0 Å². The average Bonchev–Trinajstić information content (AvgIpc) is 2.46. The molecule has 0 heterocycles. The zero-order valence-corrected chi connectivity index (χ0v) is 14.3. The van der Waals surface area contributed by atoms with Gasteiger partial charge in [0.05, 0.1) is 9.79 Å². The third-order valence-corrected chi connectivity index (χ3v) is 4.66. The average molecular weight is 371 g/mol. The molecule has 0 aliphatic rings. The highest BCUT2D eigenvalue weighted by molar-refractivity contribution is 7.89. The summed E-state index contributed by atoms with van der Waals surface area (Å²) in [6.07, 6.45) is 0. The van der Waals surface area contributed by atoms with Gasteiger partial charge in [0, 0.05) is 11.3 Å². The summed E-state index contributed by atoms with van der Waals surface area (Å²) in [4.78, 5) is 10.9. The Morgan fingerprint density at radius 3 is 1.38 bits per heavy atom. The molecule has 0 radical (unpaired) electrons. The lowest BCUT2D eigenvalue weighted by molar-refractivity contribution is 0.101. The van der Waals surface area contributed by atoms with Crippen LogP contribution in [0.25, 0.3) is 0 Å². The second-order valence-electron chi connectivity index (χ2n) is 4.74. The molecule has 2 rings (SSSR count). The lowest BCUT2D eigenvalue weighted by Gasteiger charge is -1.98. The first-order valence-corrected chi connectivity index (χ1v) is 9.52. The predicted octanol–water partition coefficient (Wildman–Crippen LogP) is 0.453. The number of ketones is 1. The number of nitrogen functional groups attached to an aromatic ring is 1. The van der Waals surface area contributed by atoms with Crippen LogP contribution >= 0.6 is 0 Å². The van der Waals surface area contributed by atoms with Gasteiger partial charge in [0.1, 0.15) is 0 Å². The monoisotopic (exact) mass is 371 g/mol. The highest BCUT2D eigenvalue weighted by Gasteiger charge is 2.07. The maximum absolute atomic E-state index is 10.8. The van der Waals surface area contributed by atoms with E-state index in [4.69, 9.17) is 16.0 Å². The lowest BCUT2D eigenvalue weighted by atomic mass is 10.2. The summed E-state index contributed by atoms with van der Waals surface area (Å²) in [6.45, 7) is 1.41. The molecule has 0 bridgehead atoms. The molecule has 0 aliphatic carbocycles. The molecule has 2 aromatic rings. The van der Waals surface area contributed by atoms with Gasteiger partial charge < -0.3 is 5.73 Å². The molecule has 0 aromatic heterocycles. The number of carbonyl (C=O) groups excluding carboxylic acids is 1. The quantitative estimate of drug-likeness (QED) is 0.524. The fourth-order valence-corrected chi connectivity index (χ4v) is 2.57. The standard InChI is InChI=1S/C8H9NO3S.C6H8N2O2S/c1-6(10)7-2-4-8(5-3-7)13(9,11)12;7-5-1-3-6(4-2-5)11(8,9)10/h2-5H,1H3,(H2,9,11,12);1-4H,7H2,(H2,8,9,10). The summed E-state index contributed by atoms with van der Waals surface area (Å²) in [6, 6.07) is 11.2. The van der Waals surface area contributed by atoms with Gasteiger partial charge in [-0.25, -0.2) is 27.1 Å². The number of hydrogen-bond acceptors (Lipinski definition) is 6. The molecule has 0 saturated carbocycles. The van der Waals surface area contributed by atoms with Gasteiger partial charge in [0.25, 0.3) is 0 Å². The van der Waals surface area contributed by atoms with Crippen molar-refractivity contribution >= 4 is 31.5 Å². The van der Waals surface area contributed by atoms with E-state index in [9.17, 15) is 21.6 Å². The van der Waals surface area contributed by atoms with Crippen LogP contribution in [0.1, 0.15) is 17.3 Å². The molecule has 130 valence electrons. The zero-order chi connectivity index (χ0) is 18.5. The van der Waals surface area contributed by atoms with E-state index in [1.807, 2.05) is 0 Å². The van der Waals surface area contributed by atoms with Crippen molar-refractivity contribution in [2.45, 2.75) is 16.7 Å². The second-order valence-corrected chi connectivity index (χ2v) is 7.86. The van der Waals surface area contributed by atoms with Gasteiger partial charge in [-0.05, 0) is 43.3 Å². The summed E-state index contributed by atoms with van der Waals surface area (Å²) in [7, 11) is -7.23. The Morgan fingerprint density at radius 2 is 1.08 bits per heavy atom. The number of anilines is 1. The number of rotatable bonds is 3. The normalized spacial score (nSPS) is 11.3. The van der Waals surface area contributed by atoms with Crippen LogP contribution in [0.2, 0.25) is 0 Å². The molecule has 0 aliphatic heterocycles. The van der Waals surface area contributed by atoms with Crippen molar-refractivity contribution in [3.05, 3.63) is 54.1 Å². The number of primary sulfonamides is 2.